The van der Waals surface area contributed by atoms with Gasteiger partial charge in [-0.15, -0.1) is 0 Å². The number of hydrogen-bond donors (Lipinski definition) is 1. The van der Waals surface area contributed by atoms with Crippen LogP contribution in [0.5, 0.6) is 0 Å². The summed E-state index contributed by atoms with van der Waals surface area (Å²) in [5.74, 6) is 0.110. The van der Waals surface area contributed by atoms with E-state index in [-0.39, 0.29) is 11.8 Å². The van der Waals surface area contributed by atoms with E-state index in [1.165, 1.54) is 0 Å². The van der Waals surface area contributed by atoms with Crippen LogP contribution in [0, 0.1) is 0 Å². The molecule has 0 radical (unpaired) electrons. The Balaban J connectivity index is 1.26. The summed E-state index contributed by atoms with van der Waals surface area (Å²) in [7, 11) is 0. The third kappa shape index (κ3) is 5.51. The molecular weight excluding hydrogens is 386 g/mol. The van der Waals surface area contributed by atoms with Crippen LogP contribution in [-0.4, -0.2) is 42.9 Å². The van der Waals surface area contributed by atoms with Crippen LogP contribution in [0.1, 0.15) is 22.3 Å². The Bertz CT molecular complexity index is 996. The molecule has 1 aliphatic heterocycles. The number of piperazine rings is 1. The molecule has 0 bridgehead atoms. The van der Waals surface area contributed by atoms with E-state index in [4.69, 9.17) is 0 Å². The van der Waals surface area contributed by atoms with Crippen molar-refractivity contribution in [3.05, 3.63) is 96.1 Å². The number of rotatable bonds is 6. The normalized spacial score (nSPS) is 13.7. The summed E-state index contributed by atoms with van der Waals surface area (Å²) >= 11 is 0. The lowest BCUT2D eigenvalue weighted by Gasteiger charge is -2.36. The van der Waals surface area contributed by atoms with Gasteiger partial charge in [-0.3, -0.25) is 9.59 Å². The van der Waals surface area contributed by atoms with E-state index in [0.717, 1.165) is 42.0 Å². The smallest absolute Gasteiger partial charge is 0.253 e. The van der Waals surface area contributed by atoms with Crippen molar-refractivity contribution in [2.45, 2.75) is 12.8 Å². The fraction of sp³-hybridized carbons (Fsp3) is 0.231. The predicted molar refractivity (Wildman–Crippen MR) is 124 cm³/mol. The van der Waals surface area contributed by atoms with Crippen LogP contribution in [0.15, 0.2) is 84.9 Å². The Hall–Kier alpha value is -3.60. The lowest BCUT2D eigenvalue weighted by atomic mass is 10.1. The molecule has 0 saturated carbocycles. The summed E-state index contributed by atoms with van der Waals surface area (Å²) in [5, 5.41) is 2.97. The SMILES string of the molecule is O=C(CCc1ccccc1)Nc1ccc(N2CCN(C(=O)c3ccccc3)CC2)cc1. The van der Waals surface area contributed by atoms with Crippen LogP contribution in [0.4, 0.5) is 11.4 Å². The summed E-state index contributed by atoms with van der Waals surface area (Å²) < 4.78 is 0. The van der Waals surface area contributed by atoms with Crippen molar-refractivity contribution in [3.63, 3.8) is 0 Å². The molecule has 3 aromatic carbocycles. The number of amides is 2. The van der Waals surface area contributed by atoms with E-state index in [1.807, 2.05) is 89.8 Å². The fourth-order valence-corrected chi connectivity index (χ4v) is 3.81. The van der Waals surface area contributed by atoms with Crippen molar-refractivity contribution in [1.29, 1.82) is 0 Å². The lowest BCUT2D eigenvalue weighted by molar-refractivity contribution is -0.116. The second-order valence-electron chi connectivity index (χ2n) is 7.73. The van der Waals surface area contributed by atoms with E-state index in [0.29, 0.717) is 19.5 Å². The van der Waals surface area contributed by atoms with Crippen LogP contribution in [0.25, 0.3) is 0 Å². The quantitative estimate of drug-likeness (QED) is 0.658. The zero-order valence-corrected chi connectivity index (χ0v) is 17.5. The highest BCUT2D eigenvalue weighted by Crippen LogP contribution is 2.20. The van der Waals surface area contributed by atoms with Crippen molar-refractivity contribution < 1.29 is 9.59 Å². The first-order valence-electron chi connectivity index (χ1n) is 10.7. The molecule has 1 saturated heterocycles. The van der Waals surface area contributed by atoms with Gasteiger partial charge < -0.3 is 15.1 Å². The van der Waals surface area contributed by atoms with E-state index in [1.54, 1.807) is 0 Å². The third-order valence-electron chi connectivity index (χ3n) is 5.59. The monoisotopic (exact) mass is 413 g/mol. The Kier molecular flexibility index (Phi) is 6.62. The van der Waals surface area contributed by atoms with E-state index in [2.05, 4.69) is 10.2 Å². The highest BCUT2D eigenvalue weighted by Gasteiger charge is 2.22. The molecule has 0 aliphatic carbocycles. The molecule has 5 nitrogen and oxygen atoms in total. The maximum atomic E-state index is 12.6. The van der Waals surface area contributed by atoms with Gasteiger partial charge in [-0.05, 0) is 48.4 Å². The summed E-state index contributed by atoms with van der Waals surface area (Å²) in [4.78, 5) is 29.0. The second-order valence-corrected chi connectivity index (χ2v) is 7.73. The summed E-state index contributed by atoms with van der Waals surface area (Å²) in [6, 6.07) is 27.4. The molecule has 3 aromatic rings. The summed E-state index contributed by atoms with van der Waals surface area (Å²) in [6.45, 7) is 2.99. The summed E-state index contributed by atoms with van der Waals surface area (Å²) in [5.41, 5.74) is 3.81. The number of carbonyl (C=O) groups is 2. The molecule has 158 valence electrons. The molecular formula is C26H27N3O2. The van der Waals surface area contributed by atoms with Gasteiger partial charge in [0.25, 0.3) is 5.91 Å². The van der Waals surface area contributed by atoms with Gasteiger partial charge in [0.2, 0.25) is 5.91 Å². The van der Waals surface area contributed by atoms with Gasteiger partial charge in [-0.25, -0.2) is 0 Å². The van der Waals surface area contributed by atoms with Gasteiger partial charge in [0, 0.05) is 49.5 Å². The molecule has 0 unspecified atom stereocenters. The van der Waals surface area contributed by atoms with Gasteiger partial charge in [0.15, 0.2) is 0 Å². The van der Waals surface area contributed by atoms with Crippen LogP contribution in [0.3, 0.4) is 0 Å². The maximum Gasteiger partial charge on any atom is 0.253 e. The Morgan fingerprint density at radius 2 is 1.35 bits per heavy atom. The maximum absolute atomic E-state index is 12.6. The Labute approximate surface area is 183 Å². The Morgan fingerprint density at radius 3 is 2.00 bits per heavy atom. The first kappa shape index (κ1) is 20.7. The number of nitrogens with zero attached hydrogens (tertiary/aromatic N) is 2. The molecule has 2 amide bonds. The number of carbonyl (C=O) groups excluding carboxylic acids is 2. The van der Waals surface area contributed by atoms with Crippen LogP contribution < -0.4 is 10.2 Å². The van der Waals surface area contributed by atoms with E-state index < -0.39 is 0 Å². The molecule has 31 heavy (non-hydrogen) atoms. The zero-order valence-electron chi connectivity index (χ0n) is 17.5. The third-order valence-corrected chi connectivity index (χ3v) is 5.59. The standard InChI is InChI=1S/C26H27N3O2/c30-25(16-11-21-7-3-1-4-8-21)27-23-12-14-24(15-13-23)28-17-19-29(20-18-28)26(31)22-9-5-2-6-10-22/h1-10,12-15H,11,16-20H2,(H,27,30). The molecule has 0 spiro atoms. The number of anilines is 2. The van der Waals surface area contributed by atoms with Gasteiger partial charge in [0.1, 0.15) is 0 Å². The van der Waals surface area contributed by atoms with Gasteiger partial charge in [-0.1, -0.05) is 48.5 Å². The van der Waals surface area contributed by atoms with Gasteiger partial charge >= 0.3 is 0 Å². The number of benzene rings is 3. The van der Waals surface area contributed by atoms with Crippen molar-refractivity contribution in [1.82, 2.24) is 4.90 Å². The fourth-order valence-electron chi connectivity index (χ4n) is 3.81. The molecule has 0 aromatic heterocycles. The topological polar surface area (TPSA) is 52.7 Å². The highest BCUT2D eigenvalue weighted by atomic mass is 16.2. The first-order valence-corrected chi connectivity index (χ1v) is 10.7. The largest absolute Gasteiger partial charge is 0.368 e. The van der Waals surface area contributed by atoms with Crippen LogP contribution in [0.2, 0.25) is 0 Å². The molecule has 1 aliphatic rings. The summed E-state index contributed by atoms with van der Waals surface area (Å²) in [6.07, 6.45) is 1.19. The van der Waals surface area contributed by atoms with E-state index >= 15 is 0 Å². The van der Waals surface area contributed by atoms with Crippen LogP contribution in [-0.2, 0) is 11.2 Å². The first-order chi connectivity index (χ1) is 15.2. The van der Waals surface area contributed by atoms with Crippen molar-refractivity contribution >= 4 is 23.2 Å². The molecule has 1 fully saturated rings. The molecule has 1 heterocycles. The molecule has 0 atom stereocenters. The number of nitrogens with one attached hydrogen (secondary N) is 1. The Morgan fingerprint density at radius 1 is 0.742 bits per heavy atom. The second kappa shape index (κ2) is 9.94. The molecule has 4 rings (SSSR count). The average molecular weight is 414 g/mol. The average Bonchev–Trinajstić information content (AvgIpc) is 2.84. The van der Waals surface area contributed by atoms with Crippen molar-refractivity contribution in [2.24, 2.45) is 0 Å². The van der Waals surface area contributed by atoms with E-state index in [9.17, 15) is 9.59 Å². The number of aryl methyl sites for hydroxylation is 1. The van der Waals surface area contributed by atoms with Gasteiger partial charge in [-0.2, -0.15) is 0 Å². The zero-order chi connectivity index (χ0) is 21.5. The van der Waals surface area contributed by atoms with Gasteiger partial charge in [0.05, 0.1) is 0 Å². The van der Waals surface area contributed by atoms with Crippen molar-refractivity contribution in [3.8, 4) is 0 Å². The molecule has 1 N–H and O–H groups in total. The van der Waals surface area contributed by atoms with Crippen LogP contribution >= 0.6 is 0 Å². The number of hydrogen-bond acceptors (Lipinski definition) is 3. The minimum atomic E-state index is 0.0182. The minimum Gasteiger partial charge on any atom is -0.368 e. The predicted octanol–water partition coefficient (Wildman–Crippen LogP) is 4.22. The lowest BCUT2D eigenvalue weighted by Crippen LogP contribution is -2.48. The van der Waals surface area contributed by atoms with Crippen molar-refractivity contribution in [2.75, 3.05) is 36.4 Å². The highest BCUT2D eigenvalue weighted by molar-refractivity contribution is 5.94. The molecule has 5 heteroatoms. The minimum absolute atomic E-state index is 0.0182.